The summed E-state index contributed by atoms with van der Waals surface area (Å²) in [7, 11) is -1.63. The second kappa shape index (κ2) is 8.36. The Bertz CT molecular complexity index is 501. The summed E-state index contributed by atoms with van der Waals surface area (Å²) in [5, 5.41) is 3.00. The molecule has 0 heterocycles. The highest BCUT2D eigenvalue weighted by atomic mass is 32.2. The van der Waals surface area contributed by atoms with Crippen molar-refractivity contribution >= 4 is 10.0 Å². The maximum atomic E-state index is 12.1. The van der Waals surface area contributed by atoms with Gasteiger partial charge in [0.25, 0.3) is 0 Å². The van der Waals surface area contributed by atoms with Crippen molar-refractivity contribution in [1.82, 2.24) is 10.0 Å². The summed E-state index contributed by atoms with van der Waals surface area (Å²) in [4.78, 5) is 0.286. The molecule has 0 saturated carbocycles. The lowest BCUT2D eigenvalue weighted by molar-refractivity contribution is 0.114. The van der Waals surface area contributed by atoms with Crippen molar-refractivity contribution in [1.29, 1.82) is 0 Å². The molecule has 0 spiro atoms. The zero-order chi connectivity index (χ0) is 15.0. The van der Waals surface area contributed by atoms with E-state index in [4.69, 9.17) is 4.74 Å². The number of hydrogen-bond donors (Lipinski definition) is 2. The fourth-order valence-electron chi connectivity index (χ4n) is 1.68. The highest BCUT2D eigenvalue weighted by molar-refractivity contribution is 7.89. The molecule has 0 aliphatic rings. The molecule has 114 valence electrons. The summed E-state index contributed by atoms with van der Waals surface area (Å²) in [5.41, 5.74) is 0.937. The van der Waals surface area contributed by atoms with Gasteiger partial charge in [-0.05, 0) is 30.7 Å². The zero-order valence-corrected chi connectivity index (χ0v) is 13.2. The van der Waals surface area contributed by atoms with Gasteiger partial charge >= 0.3 is 0 Å². The normalized spacial score (nSPS) is 12.0. The van der Waals surface area contributed by atoms with Crippen molar-refractivity contribution in [2.75, 3.05) is 26.8 Å². The lowest BCUT2D eigenvalue weighted by Gasteiger charge is -2.10. The fraction of sp³-hybridized carbons (Fsp3) is 0.571. The van der Waals surface area contributed by atoms with Gasteiger partial charge in [0.05, 0.1) is 11.5 Å². The molecule has 0 unspecified atom stereocenters. The highest BCUT2D eigenvalue weighted by Gasteiger charge is 2.13. The number of benzene rings is 1. The van der Waals surface area contributed by atoms with Crippen LogP contribution in [0.4, 0.5) is 0 Å². The third-order valence-electron chi connectivity index (χ3n) is 2.58. The molecule has 0 aliphatic carbocycles. The standard InChI is InChI=1S/C14H24N2O3S/c1-12(2)11-19-8-7-16-20(17,18)14-6-4-5-13(9-14)10-15-3/h4-6,9,12,15-16H,7-8,10-11H2,1-3H3. The molecule has 1 aromatic carbocycles. The van der Waals surface area contributed by atoms with Crippen molar-refractivity contribution < 1.29 is 13.2 Å². The smallest absolute Gasteiger partial charge is 0.240 e. The van der Waals surface area contributed by atoms with E-state index in [9.17, 15) is 8.42 Å². The van der Waals surface area contributed by atoms with Crippen LogP contribution in [-0.2, 0) is 21.3 Å². The second-order valence-electron chi connectivity index (χ2n) is 5.04. The van der Waals surface area contributed by atoms with Gasteiger partial charge in [-0.15, -0.1) is 0 Å². The van der Waals surface area contributed by atoms with Crippen molar-refractivity contribution in [2.24, 2.45) is 5.92 Å². The van der Waals surface area contributed by atoms with E-state index in [0.717, 1.165) is 5.56 Å². The number of hydrogen-bond acceptors (Lipinski definition) is 4. The van der Waals surface area contributed by atoms with Gasteiger partial charge in [0.15, 0.2) is 0 Å². The van der Waals surface area contributed by atoms with E-state index in [2.05, 4.69) is 23.9 Å². The average molecular weight is 300 g/mol. The van der Waals surface area contributed by atoms with Gasteiger partial charge in [0.1, 0.15) is 0 Å². The van der Waals surface area contributed by atoms with Gasteiger partial charge in [0, 0.05) is 19.7 Å². The van der Waals surface area contributed by atoms with Crippen LogP contribution in [0.1, 0.15) is 19.4 Å². The lowest BCUT2D eigenvalue weighted by Crippen LogP contribution is -2.28. The Morgan fingerprint density at radius 2 is 2.05 bits per heavy atom. The second-order valence-corrected chi connectivity index (χ2v) is 6.81. The Hall–Kier alpha value is -0.950. The van der Waals surface area contributed by atoms with Crippen LogP contribution in [0.5, 0.6) is 0 Å². The fourth-order valence-corrected chi connectivity index (χ4v) is 2.76. The van der Waals surface area contributed by atoms with E-state index < -0.39 is 10.0 Å². The van der Waals surface area contributed by atoms with E-state index >= 15 is 0 Å². The van der Waals surface area contributed by atoms with Crippen molar-refractivity contribution in [3.63, 3.8) is 0 Å². The molecule has 0 fully saturated rings. The maximum absolute atomic E-state index is 12.1. The molecule has 1 rings (SSSR count). The van der Waals surface area contributed by atoms with Crippen LogP contribution in [-0.4, -0.2) is 35.2 Å². The van der Waals surface area contributed by atoms with Crippen LogP contribution in [0.25, 0.3) is 0 Å². The zero-order valence-electron chi connectivity index (χ0n) is 12.3. The van der Waals surface area contributed by atoms with Crippen molar-refractivity contribution in [3.8, 4) is 0 Å². The number of ether oxygens (including phenoxy) is 1. The van der Waals surface area contributed by atoms with E-state index in [1.165, 1.54) is 0 Å². The summed E-state index contributed by atoms with van der Waals surface area (Å²) in [6, 6.07) is 6.90. The lowest BCUT2D eigenvalue weighted by atomic mass is 10.2. The summed E-state index contributed by atoms with van der Waals surface area (Å²) in [6.45, 7) is 6.05. The Labute approximate surface area is 121 Å². The SMILES string of the molecule is CNCc1cccc(S(=O)(=O)NCCOCC(C)C)c1. The van der Waals surface area contributed by atoms with E-state index in [1.54, 1.807) is 18.2 Å². The molecule has 0 radical (unpaired) electrons. The minimum atomic E-state index is -3.46. The van der Waals surface area contributed by atoms with Crippen LogP contribution in [0, 0.1) is 5.92 Å². The van der Waals surface area contributed by atoms with Gasteiger partial charge in [0.2, 0.25) is 10.0 Å². The third-order valence-corrected chi connectivity index (χ3v) is 4.04. The number of rotatable bonds is 9. The highest BCUT2D eigenvalue weighted by Crippen LogP contribution is 2.11. The quantitative estimate of drug-likeness (QED) is 0.676. The minimum Gasteiger partial charge on any atom is -0.380 e. The first-order chi connectivity index (χ1) is 9.45. The molecular formula is C14H24N2O3S. The molecule has 6 heteroatoms. The molecule has 0 atom stereocenters. The van der Waals surface area contributed by atoms with Gasteiger partial charge in [-0.3, -0.25) is 0 Å². The summed E-state index contributed by atoms with van der Waals surface area (Å²) in [6.07, 6.45) is 0. The van der Waals surface area contributed by atoms with Gasteiger partial charge in [-0.25, -0.2) is 13.1 Å². The molecule has 0 aliphatic heterocycles. The van der Waals surface area contributed by atoms with E-state index in [-0.39, 0.29) is 11.4 Å². The monoisotopic (exact) mass is 300 g/mol. The molecule has 0 saturated heterocycles. The largest absolute Gasteiger partial charge is 0.380 e. The molecule has 20 heavy (non-hydrogen) atoms. The van der Waals surface area contributed by atoms with Gasteiger partial charge < -0.3 is 10.1 Å². The molecule has 5 nitrogen and oxygen atoms in total. The third kappa shape index (κ3) is 6.00. The molecule has 1 aromatic rings. The van der Waals surface area contributed by atoms with Gasteiger partial charge in [-0.1, -0.05) is 26.0 Å². The summed E-state index contributed by atoms with van der Waals surface area (Å²) in [5.74, 6) is 0.449. The van der Waals surface area contributed by atoms with E-state index in [1.807, 2.05) is 13.1 Å². The average Bonchev–Trinajstić information content (AvgIpc) is 2.38. The van der Waals surface area contributed by atoms with Crippen LogP contribution in [0.2, 0.25) is 0 Å². The van der Waals surface area contributed by atoms with Crippen LogP contribution in [0.15, 0.2) is 29.2 Å². The Morgan fingerprint density at radius 3 is 2.70 bits per heavy atom. The minimum absolute atomic E-state index is 0.283. The first-order valence-corrected chi connectivity index (χ1v) is 8.25. The molecular weight excluding hydrogens is 276 g/mol. The predicted octanol–water partition coefficient (Wildman–Crippen LogP) is 1.36. The molecule has 0 aromatic heterocycles. The topological polar surface area (TPSA) is 67.4 Å². The van der Waals surface area contributed by atoms with Gasteiger partial charge in [-0.2, -0.15) is 0 Å². The number of sulfonamides is 1. The van der Waals surface area contributed by atoms with Crippen LogP contribution >= 0.6 is 0 Å². The Morgan fingerprint density at radius 1 is 1.30 bits per heavy atom. The number of nitrogens with one attached hydrogen (secondary N) is 2. The summed E-state index contributed by atoms with van der Waals surface area (Å²) >= 11 is 0. The van der Waals surface area contributed by atoms with Crippen molar-refractivity contribution in [2.45, 2.75) is 25.3 Å². The Balaban J connectivity index is 2.53. The summed E-state index contributed by atoms with van der Waals surface area (Å²) < 4.78 is 32.1. The van der Waals surface area contributed by atoms with E-state index in [0.29, 0.717) is 25.7 Å². The van der Waals surface area contributed by atoms with Crippen LogP contribution in [0.3, 0.4) is 0 Å². The molecule has 0 amide bonds. The maximum Gasteiger partial charge on any atom is 0.240 e. The Kier molecular flexibility index (Phi) is 7.15. The molecule has 0 bridgehead atoms. The predicted molar refractivity (Wildman–Crippen MR) is 80.1 cm³/mol. The molecule has 2 N–H and O–H groups in total. The first-order valence-electron chi connectivity index (χ1n) is 6.76. The first kappa shape index (κ1) is 17.1. The van der Waals surface area contributed by atoms with Crippen LogP contribution < -0.4 is 10.0 Å². The van der Waals surface area contributed by atoms with Crippen molar-refractivity contribution in [3.05, 3.63) is 29.8 Å².